The number of fused-ring (bicyclic) bond motifs is 1. The molecule has 1 aliphatic rings. The SMILES string of the molecule is C#CC(CC)NCc1ccc2c(c1)CCCN2C. The van der Waals surface area contributed by atoms with Gasteiger partial charge in [-0.05, 0) is 36.5 Å². The van der Waals surface area contributed by atoms with Crippen molar-refractivity contribution in [2.45, 2.75) is 38.8 Å². The molecule has 1 aromatic rings. The summed E-state index contributed by atoms with van der Waals surface area (Å²) in [6.45, 7) is 4.14. The summed E-state index contributed by atoms with van der Waals surface area (Å²) in [7, 11) is 2.17. The fourth-order valence-corrected chi connectivity index (χ4v) is 2.51. The van der Waals surface area contributed by atoms with Gasteiger partial charge in [-0.1, -0.05) is 25.0 Å². The van der Waals surface area contributed by atoms with Crippen LogP contribution in [0.15, 0.2) is 18.2 Å². The number of nitrogens with zero attached hydrogens (tertiary/aromatic N) is 1. The first kappa shape index (κ1) is 13.0. The summed E-state index contributed by atoms with van der Waals surface area (Å²) in [5.41, 5.74) is 4.18. The predicted octanol–water partition coefficient (Wildman–Crippen LogP) is 2.57. The van der Waals surface area contributed by atoms with Gasteiger partial charge in [0.25, 0.3) is 0 Å². The van der Waals surface area contributed by atoms with Crippen molar-refractivity contribution in [1.82, 2.24) is 5.32 Å². The molecule has 1 aliphatic heterocycles. The zero-order valence-corrected chi connectivity index (χ0v) is 11.4. The van der Waals surface area contributed by atoms with E-state index >= 15 is 0 Å². The van der Waals surface area contributed by atoms with Gasteiger partial charge < -0.3 is 4.90 Å². The average Bonchev–Trinajstić information content (AvgIpc) is 2.40. The topological polar surface area (TPSA) is 15.3 Å². The molecule has 1 unspecified atom stereocenters. The van der Waals surface area contributed by atoms with Gasteiger partial charge in [0, 0.05) is 25.8 Å². The third-order valence-electron chi connectivity index (χ3n) is 3.66. The van der Waals surface area contributed by atoms with Crippen LogP contribution in [-0.2, 0) is 13.0 Å². The molecular weight excluding hydrogens is 220 g/mol. The van der Waals surface area contributed by atoms with Crippen LogP contribution in [0.5, 0.6) is 0 Å². The average molecular weight is 242 g/mol. The lowest BCUT2D eigenvalue weighted by Gasteiger charge is -2.28. The number of nitrogens with one attached hydrogen (secondary N) is 1. The molecule has 0 amide bonds. The van der Waals surface area contributed by atoms with Gasteiger partial charge in [-0.3, -0.25) is 5.32 Å². The summed E-state index contributed by atoms with van der Waals surface area (Å²) in [5, 5.41) is 3.40. The summed E-state index contributed by atoms with van der Waals surface area (Å²) < 4.78 is 0. The highest BCUT2D eigenvalue weighted by molar-refractivity contribution is 5.56. The van der Waals surface area contributed by atoms with Crippen molar-refractivity contribution in [2.24, 2.45) is 0 Å². The summed E-state index contributed by atoms with van der Waals surface area (Å²) in [5.74, 6) is 2.77. The van der Waals surface area contributed by atoms with E-state index in [0.717, 1.165) is 13.0 Å². The maximum absolute atomic E-state index is 5.46. The zero-order valence-electron chi connectivity index (χ0n) is 11.4. The van der Waals surface area contributed by atoms with E-state index in [4.69, 9.17) is 6.42 Å². The van der Waals surface area contributed by atoms with E-state index in [-0.39, 0.29) is 6.04 Å². The van der Waals surface area contributed by atoms with Gasteiger partial charge in [0.05, 0.1) is 6.04 Å². The minimum Gasteiger partial charge on any atom is -0.374 e. The maximum atomic E-state index is 5.46. The second-order valence-corrected chi connectivity index (χ2v) is 5.00. The number of hydrogen-bond acceptors (Lipinski definition) is 2. The van der Waals surface area contributed by atoms with E-state index in [2.05, 4.69) is 48.3 Å². The van der Waals surface area contributed by atoms with Crippen LogP contribution in [0.2, 0.25) is 0 Å². The number of rotatable bonds is 4. The number of anilines is 1. The first-order valence-electron chi connectivity index (χ1n) is 6.77. The van der Waals surface area contributed by atoms with E-state index in [0.29, 0.717) is 0 Å². The summed E-state index contributed by atoms with van der Waals surface area (Å²) in [4.78, 5) is 2.34. The van der Waals surface area contributed by atoms with E-state index in [1.165, 1.54) is 36.2 Å². The minimum absolute atomic E-state index is 0.184. The lowest BCUT2D eigenvalue weighted by Crippen LogP contribution is -2.27. The van der Waals surface area contributed by atoms with Crippen molar-refractivity contribution in [3.8, 4) is 12.3 Å². The maximum Gasteiger partial charge on any atom is 0.0686 e. The molecule has 0 fully saturated rings. The zero-order chi connectivity index (χ0) is 13.0. The van der Waals surface area contributed by atoms with Gasteiger partial charge in [0.15, 0.2) is 0 Å². The monoisotopic (exact) mass is 242 g/mol. The molecule has 96 valence electrons. The Morgan fingerprint density at radius 2 is 2.33 bits per heavy atom. The van der Waals surface area contributed by atoms with Gasteiger partial charge in [0.1, 0.15) is 0 Å². The smallest absolute Gasteiger partial charge is 0.0686 e. The number of hydrogen-bond donors (Lipinski definition) is 1. The number of terminal acetylenes is 1. The van der Waals surface area contributed by atoms with Crippen LogP contribution in [0.4, 0.5) is 5.69 Å². The normalized spacial score (nSPS) is 15.9. The standard InChI is InChI=1S/C16H22N2/c1-4-15(5-2)17-12-13-8-9-16-14(11-13)7-6-10-18(16)3/h1,8-9,11,15,17H,5-7,10,12H2,2-3H3. The molecule has 0 aromatic heterocycles. The summed E-state index contributed by atoms with van der Waals surface area (Å²) in [6, 6.07) is 6.95. The Morgan fingerprint density at radius 3 is 3.06 bits per heavy atom. The molecule has 1 N–H and O–H groups in total. The molecular formula is C16H22N2. The molecule has 0 saturated carbocycles. The molecule has 2 nitrogen and oxygen atoms in total. The molecule has 1 atom stereocenters. The fraction of sp³-hybridized carbons (Fsp3) is 0.500. The first-order chi connectivity index (χ1) is 8.74. The highest BCUT2D eigenvalue weighted by Crippen LogP contribution is 2.26. The summed E-state index contributed by atoms with van der Waals surface area (Å²) in [6.07, 6.45) is 8.88. The molecule has 0 aliphatic carbocycles. The second-order valence-electron chi connectivity index (χ2n) is 5.00. The van der Waals surface area contributed by atoms with Crippen LogP contribution in [0.1, 0.15) is 30.9 Å². The van der Waals surface area contributed by atoms with Crippen LogP contribution in [0.3, 0.4) is 0 Å². The second kappa shape index (κ2) is 5.93. The van der Waals surface area contributed by atoms with Crippen molar-refractivity contribution in [2.75, 3.05) is 18.5 Å². The Morgan fingerprint density at radius 1 is 1.50 bits per heavy atom. The Bertz CT molecular complexity index is 445. The van der Waals surface area contributed by atoms with Crippen LogP contribution >= 0.6 is 0 Å². The summed E-state index contributed by atoms with van der Waals surface area (Å²) >= 11 is 0. The Kier molecular flexibility index (Phi) is 4.28. The predicted molar refractivity (Wildman–Crippen MR) is 77.8 cm³/mol. The highest BCUT2D eigenvalue weighted by Gasteiger charge is 2.13. The molecule has 2 heteroatoms. The van der Waals surface area contributed by atoms with Gasteiger partial charge in [-0.2, -0.15) is 0 Å². The minimum atomic E-state index is 0.184. The van der Waals surface area contributed by atoms with Crippen LogP contribution in [0, 0.1) is 12.3 Å². The van der Waals surface area contributed by atoms with Gasteiger partial charge >= 0.3 is 0 Å². The molecule has 0 saturated heterocycles. The van der Waals surface area contributed by atoms with Crippen molar-refractivity contribution >= 4 is 5.69 Å². The molecule has 18 heavy (non-hydrogen) atoms. The van der Waals surface area contributed by atoms with Crippen molar-refractivity contribution in [3.05, 3.63) is 29.3 Å². The molecule has 1 heterocycles. The van der Waals surface area contributed by atoms with Gasteiger partial charge in [-0.15, -0.1) is 6.42 Å². The quantitative estimate of drug-likeness (QED) is 0.816. The number of aryl methyl sites for hydroxylation is 1. The van der Waals surface area contributed by atoms with Crippen LogP contribution < -0.4 is 10.2 Å². The third kappa shape index (κ3) is 2.86. The molecule has 0 bridgehead atoms. The van der Waals surface area contributed by atoms with Gasteiger partial charge in [0.2, 0.25) is 0 Å². The molecule has 0 radical (unpaired) electrons. The highest BCUT2D eigenvalue weighted by atomic mass is 15.1. The lowest BCUT2D eigenvalue weighted by molar-refractivity contribution is 0.592. The largest absolute Gasteiger partial charge is 0.374 e. The Labute approximate surface area is 110 Å². The van der Waals surface area contributed by atoms with Crippen molar-refractivity contribution < 1.29 is 0 Å². The Balaban J connectivity index is 2.05. The van der Waals surface area contributed by atoms with Crippen LogP contribution in [0.25, 0.3) is 0 Å². The van der Waals surface area contributed by atoms with Crippen LogP contribution in [-0.4, -0.2) is 19.6 Å². The molecule has 1 aromatic carbocycles. The van der Waals surface area contributed by atoms with Crippen molar-refractivity contribution in [1.29, 1.82) is 0 Å². The first-order valence-corrected chi connectivity index (χ1v) is 6.77. The third-order valence-corrected chi connectivity index (χ3v) is 3.66. The van der Waals surface area contributed by atoms with E-state index in [1.807, 2.05) is 0 Å². The van der Waals surface area contributed by atoms with E-state index < -0.39 is 0 Å². The molecule has 0 spiro atoms. The molecule has 2 rings (SSSR count). The van der Waals surface area contributed by atoms with E-state index in [9.17, 15) is 0 Å². The Hall–Kier alpha value is -1.46. The number of benzene rings is 1. The van der Waals surface area contributed by atoms with Crippen molar-refractivity contribution in [3.63, 3.8) is 0 Å². The fourth-order valence-electron chi connectivity index (χ4n) is 2.51. The van der Waals surface area contributed by atoms with E-state index in [1.54, 1.807) is 0 Å². The van der Waals surface area contributed by atoms with Gasteiger partial charge in [-0.25, -0.2) is 0 Å². The lowest BCUT2D eigenvalue weighted by atomic mass is 9.99.